The van der Waals surface area contributed by atoms with Crippen LogP contribution in [-0.4, -0.2) is 30.9 Å². The molecule has 0 saturated carbocycles. The molecule has 1 atom stereocenters. The molecule has 0 aliphatic heterocycles. The molecule has 1 aromatic carbocycles. The molecule has 0 spiro atoms. The van der Waals surface area contributed by atoms with Gasteiger partial charge in [-0.3, -0.25) is 4.79 Å². The summed E-state index contributed by atoms with van der Waals surface area (Å²) in [5.41, 5.74) is 1.69. The third kappa shape index (κ3) is 10.7. The van der Waals surface area contributed by atoms with Gasteiger partial charge in [0.25, 0.3) is 0 Å². The standard InChI is InChI=1S/C24H38O4S/c1-5-9-11-19(7-3)18-28-23(25)12-14-29-22-16-20(8-4)15-21(17-22)24(26)27-13-10-6-2/h15-17,19H,5-14,18H2,1-4H3. The van der Waals surface area contributed by atoms with Crippen molar-refractivity contribution in [3.05, 3.63) is 29.3 Å². The first-order valence-corrected chi connectivity index (χ1v) is 12.1. The minimum atomic E-state index is -0.271. The molecular weight excluding hydrogens is 384 g/mol. The molecule has 1 unspecified atom stereocenters. The molecule has 0 fully saturated rings. The molecule has 1 rings (SSSR count). The fraction of sp³-hybridized carbons (Fsp3) is 0.667. The summed E-state index contributed by atoms with van der Waals surface area (Å²) in [6.07, 6.45) is 7.62. The van der Waals surface area contributed by atoms with Crippen LogP contribution in [0.25, 0.3) is 0 Å². The van der Waals surface area contributed by atoms with E-state index < -0.39 is 0 Å². The van der Waals surface area contributed by atoms with Crippen molar-refractivity contribution in [2.75, 3.05) is 19.0 Å². The lowest BCUT2D eigenvalue weighted by Gasteiger charge is -2.14. The van der Waals surface area contributed by atoms with Crippen LogP contribution < -0.4 is 0 Å². The molecule has 0 aromatic heterocycles. The van der Waals surface area contributed by atoms with E-state index in [-0.39, 0.29) is 11.9 Å². The van der Waals surface area contributed by atoms with E-state index in [0.717, 1.165) is 42.6 Å². The van der Waals surface area contributed by atoms with Gasteiger partial charge in [0.2, 0.25) is 0 Å². The van der Waals surface area contributed by atoms with Crippen molar-refractivity contribution in [1.29, 1.82) is 0 Å². The average molecular weight is 423 g/mol. The Kier molecular flexibility index (Phi) is 13.5. The van der Waals surface area contributed by atoms with E-state index in [1.165, 1.54) is 12.8 Å². The lowest BCUT2D eigenvalue weighted by Crippen LogP contribution is -2.14. The highest BCUT2D eigenvalue weighted by Gasteiger charge is 2.12. The monoisotopic (exact) mass is 422 g/mol. The Morgan fingerprint density at radius 3 is 2.41 bits per heavy atom. The van der Waals surface area contributed by atoms with Crippen molar-refractivity contribution < 1.29 is 19.1 Å². The second kappa shape index (κ2) is 15.4. The van der Waals surface area contributed by atoms with Crippen molar-refractivity contribution >= 4 is 23.7 Å². The van der Waals surface area contributed by atoms with Gasteiger partial charge in [0.05, 0.1) is 25.2 Å². The van der Waals surface area contributed by atoms with E-state index in [9.17, 15) is 9.59 Å². The van der Waals surface area contributed by atoms with Gasteiger partial charge < -0.3 is 9.47 Å². The number of unbranched alkanes of at least 4 members (excludes halogenated alkanes) is 2. The number of benzene rings is 1. The topological polar surface area (TPSA) is 52.6 Å². The minimum Gasteiger partial charge on any atom is -0.465 e. The number of hydrogen-bond donors (Lipinski definition) is 0. The maximum Gasteiger partial charge on any atom is 0.338 e. The lowest BCUT2D eigenvalue weighted by atomic mass is 10.0. The summed E-state index contributed by atoms with van der Waals surface area (Å²) in [7, 11) is 0. The van der Waals surface area contributed by atoms with Crippen molar-refractivity contribution in [3.63, 3.8) is 0 Å². The summed E-state index contributed by atoms with van der Waals surface area (Å²) < 4.78 is 10.8. The summed E-state index contributed by atoms with van der Waals surface area (Å²) in [4.78, 5) is 25.3. The van der Waals surface area contributed by atoms with E-state index in [4.69, 9.17) is 9.47 Å². The summed E-state index contributed by atoms with van der Waals surface area (Å²) >= 11 is 1.58. The van der Waals surface area contributed by atoms with Gasteiger partial charge >= 0.3 is 11.9 Å². The second-order valence-corrected chi connectivity index (χ2v) is 8.57. The largest absolute Gasteiger partial charge is 0.465 e. The lowest BCUT2D eigenvalue weighted by molar-refractivity contribution is -0.144. The predicted molar refractivity (Wildman–Crippen MR) is 121 cm³/mol. The van der Waals surface area contributed by atoms with Crippen LogP contribution in [0.2, 0.25) is 0 Å². The zero-order chi connectivity index (χ0) is 21.5. The highest BCUT2D eigenvalue weighted by molar-refractivity contribution is 7.99. The number of thioether (sulfide) groups is 1. The van der Waals surface area contributed by atoms with Crippen LogP contribution in [0.4, 0.5) is 0 Å². The van der Waals surface area contributed by atoms with E-state index >= 15 is 0 Å². The van der Waals surface area contributed by atoms with Crippen LogP contribution >= 0.6 is 11.8 Å². The second-order valence-electron chi connectivity index (χ2n) is 7.41. The molecule has 4 nitrogen and oxygen atoms in total. The molecule has 0 amide bonds. The van der Waals surface area contributed by atoms with Crippen LogP contribution in [0.3, 0.4) is 0 Å². The van der Waals surface area contributed by atoms with Gasteiger partial charge in [-0.15, -0.1) is 11.8 Å². The molecule has 0 aliphatic carbocycles. The van der Waals surface area contributed by atoms with E-state index in [2.05, 4.69) is 33.8 Å². The van der Waals surface area contributed by atoms with E-state index in [1.54, 1.807) is 11.8 Å². The summed E-state index contributed by atoms with van der Waals surface area (Å²) in [6, 6.07) is 5.84. The Hall–Kier alpha value is -1.49. The summed E-state index contributed by atoms with van der Waals surface area (Å²) in [5.74, 6) is 0.697. The normalized spacial score (nSPS) is 11.9. The maximum absolute atomic E-state index is 12.3. The van der Waals surface area contributed by atoms with Crippen molar-refractivity contribution in [2.24, 2.45) is 5.92 Å². The highest BCUT2D eigenvalue weighted by Crippen LogP contribution is 2.23. The highest BCUT2D eigenvalue weighted by atomic mass is 32.2. The molecule has 5 heteroatoms. The van der Waals surface area contributed by atoms with E-state index in [1.807, 2.05) is 12.1 Å². The number of carbonyl (C=O) groups excluding carboxylic acids is 2. The van der Waals surface area contributed by atoms with Crippen molar-refractivity contribution in [2.45, 2.75) is 84.0 Å². The predicted octanol–water partition coefficient (Wildman–Crippen LogP) is 6.45. The minimum absolute atomic E-state index is 0.140. The first-order chi connectivity index (χ1) is 14.0. The van der Waals surface area contributed by atoms with Crippen LogP contribution in [0.15, 0.2) is 23.1 Å². The summed E-state index contributed by atoms with van der Waals surface area (Å²) in [6.45, 7) is 9.44. The molecular formula is C24H38O4S. The number of ether oxygens (including phenoxy) is 2. The molecule has 0 aliphatic rings. The molecule has 0 heterocycles. The zero-order valence-electron chi connectivity index (χ0n) is 18.6. The van der Waals surface area contributed by atoms with Gasteiger partial charge in [-0.2, -0.15) is 0 Å². The maximum atomic E-state index is 12.3. The van der Waals surface area contributed by atoms with Gasteiger partial charge in [-0.1, -0.05) is 53.4 Å². The van der Waals surface area contributed by atoms with E-state index in [0.29, 0.717) is 36.9 Å². The van der Waals surface area contributed by atoms with Crippen LogP contribution in [0.1, 0.15) is 88.6 Å². The molecule has 0 N–H and O–H groups in total. The smallest absolute Gasteiger partial charge is 0.338 e. The molecule has 1 aromatic rings. The Balaban J connectivity index is 2.50. The van der Waals surface area contributed by atoms with Crippen molar-refractivity contribution in [1.82, 2.24) is 0 Å². The summed E-state index contributed by atoms with van der Waals surface area (Å²) in [5, 5.41) is 0. The van der Waals surface area contributed by atoms with Crippen LogP contribution in [0, 0.1) is 5.92 Å². The van der Waals surface area contributed by atoms with Gasteiger partial charge in [-0.05, 0) is 48.9 Å². The number of carbonyl (C=O) groups is 2. The third-order valence-electron chi connectivity index (χ3n) is 4.94. The number of esters is 2. The fourth-order valence-electron chi connectivity index (χ4n) is 2.89. The molecule has 29 heavy (non-hydrogen) atoms. The number of aryl methyl sites for hydroxylation is 1. The van der Waals surface area contributed by atoms with Gasteiger partial charge in [-0.25, -0.2) is 4.79 Å². The first-order valence-electron chi connectivity index (χ1n) is 11.1. The SMILES string of the molecule is CCCCOC(=O)c1cc(CC)cc(SCCC(=O)OCC(CC)CCCC)c1. The molecule has 0 saturated heterocycles. The average Bonchev–Trinajstić information content (AvgIpc) is 2.73. The first kappa shape index (κ1) is 25.5. The van der Waals surface area contributed by atoms with Crippen LogP contribution in [0.5, 0.6) is 0 Å². The molecule has 0 radical (unpaired) electrons. The zero-order valence-corrected chi connectivity index (χ0v) is 19.4. The van der Waals surface area contributed by atoms with Crippen molar-refractivity contribution in [3.8, 4) is 0 Å². The quantitative estimate of drug-likeness (QED) is 0.185. The third-order valence-corrected chi connectivity index (χ3v) is 5.92. The Morgan fingerprint density at radius 2 is 1.76 bits per heavy atom. The number of hydrogen-bond acceptors (Lipinski definition) is 5. The van der Waals surface area contributed by atoms with Crippen LogP contribution in [-0.2, 0) is 20.7 Å². The molecule has 0 bridgehead atoms. The Morgan fingerprint density at radius 1 is 1.00 bits per heavy atom. The molecule has 164 valence electrons. The number of rotatable bonds is 15. The Bertz CT molecular complexity index is 615. The Labute approximate surface area is 181 Å². The fourth-order valence-corrected chi connectivity index (χ4v) is 3.84. The van der Waals surface area contributed by atoms with Gasteiger partial charge in [0.15, 0.2) is 0 Å². The van der Waals surface area contributed by atoms with Gasteiger partial charge in [0.1, 0.15) is 0 Å². The van der Waals surface area contributed by atoms with Gasteiger partial charge in [0, 0.05) is 10.6 Å².